The van der Waals surface area contributed by atoms with Gasteiger partial charge in [0.1, 0.15) is 22.2 Å². The maximum absolute atomic E-state index is 11.8. The Balaban J connectivity index is 3.04. The summed E-state index contributed by atoms with van der Waals surface area (Å²) in [6.07, 6.45) is 6.42. The van der Waals surface area contributed by atoms with Crippen LogP contribution in [0.2, 0.25) is 10.3 Å². The number of rotatable bonds is 2. The maximum atomic E-state index is 11.8. The molecule has 6 heteroatoms. The molecule has 0 aliphatic rings. The standard InChI is InChI=1S/C10H9Cl2N3O/c1-4-10(2,3)15-9(16)6-7(11)13-5-14-8(6)12/h1,5H,2-3H3,(H,15,16). The molecular weight excluding hydrogens is 249 g/mol. The topological polar surface area (TPSA) is 54.9 Å². The highest BCUT2D eigenvalue weighted by molar-refractivity contribution is 6.38. The summed E-state index contributed by atoms with van der Waals surface area (Å²) in [7, 11) is 0. The second kappa shape index (κ2) is 4.69. The second-order valence-electron chi connectivity index (χ2n) is 3.55. The summed E-state index contributed by atoms with van der Waals surface area (Å²) in [5.41, 5.74) is -0.770. The van der Waals surface area contributed by atoms with Gasteiger partial charge in [-0.05, 0) is 13.8 Å². The summed E-state index contributed by atoms with van der Waals surface area (Å²) in [4.78, 5) is 19.2. The molecule has 0 saturated carbocycles. The SMILES string of the molecule is C#CC(C)(C)NC(=O)c1c(Cl)ncnc1Cl. The van der Waals surface area contributed by atoms with Crippen molar-refractivity contribution in [2.45, 2.75) is 19.4 Å². The van der Waals surface area contributed by atoms with Crippen LogP contribution >= 0.6 is 23.2 Å². The van der Waals surface area contributed by atoms with Gasteiger partial charge in [-0.1, -0.05) is 29.1 Å². The van der Waals surface area contributed by atoms with Crippen molar-refractivity contribution in [2.75, 3.05) is 0 Å². The molecule has 1 amide bonds. The molecule has 0 bridgehead atoms. The first-order valence-electron chi connectivity index (χ1n) is 4.33. The Hall–Kier alpha value is -1.31. The summed E-state index contributed by atoms with van der Waals surface area (Å²) >= 11 is 11.5. The summed E-state index contributed by atoms with van der Waals surface area (Å²) in [5, 5.41) is 2.56. The van der Waals surface area contributed by atoms with E-state index in [2.05, 4.69) is 21.2 Å². The highest BCUT2D eigenvalue weighted by Gasteiger charge is 2.23. The van der Waals surface area contributed by atoms with Crippen LogP contribution in [0.1, 0.15) is 24.2 Å². The van der Waals surface area contributed by atoms with Gasteiger partial charge in [-0.2, -0.15) is 0 Å². The van der Waals surface area contributed by atoms with Gasteiger partial charge in [0, 0.05) is 0 Å². The van der Waals surface area contributed by atoms with Crippen molar-refractivity contribution in [3.63, 3.8) is 0 Å². The fourth-order valence-electron chi connectivity index (χ4n) is 0.914. The number of hydrogen-bond acceptors (Lipinski definition) is 3. The minimum absolute atomic E-state index is 0.00896. The molecule has 1 heterocycles. The summed E-state index contributed by atoms with van der Waals surface area (Å²) < 4.78 is 0. The van der Waals surface area contributed by atoms with Crippen molar-refractivity contribution in [1.82, 2.24) is 15.3 Å². The lowest BCUT2D eigenvalue weighted by atomic mass is 10.1. The molecule has 4 nitrogen and oxygen atoms in total. The minimum atomic E-state index is -0.792. The lowest BCUT2D eigenvalue weighted by Gasteiger charge is -2.19. The Kier molecular flexibility index (Phi) is 3.74. The van der Waals surface area contributed by atoms with Crippen LogP contribution in [0.3, 0.4) is 0 Å². The fourth-order valence-corrected chi connectivity index (χ4v) is 1.40. The predicted octanol–water partition coefficient (Wildman–Crippen LogP) is 1.93. The number of halogens is 2. The minimum Gasteiger partial charge on any atom is -0.336 e. The molecule has 0 unspecified atom stereocenters. The van der Waals surface area contributed by atoms with E-state index in [-0.39, 0.29) is 15.9 Å². The largest absolute Gasteiger partial charge is 0.336 e. The third-order valence-electron chi connectivity index (χ3n) is 1.77. The van der Waals surface area contributed by atoms with E-state index in [0.717, 1.165) is 0 Å². The molecule has 0 saturated heterocycles. The summed E-state index contributed by atoms with van der Waals surface area (Å²) in [5.74, 6) is 1.92. The number of amides is 1. The van der Waals surface area contributed by atoms with Gasteiger partial charge < -0.3 is 5.32 Å². The average molecular weight is 258 g/mol. The molecule has 0 aliphatic carbocycles. The molecule has 0 aromatic carbocycles. The molecule has 0 spiro atoms. The van der Waals surface area contributed by atoms with Crippen LogP contribution < -0.4 is 5.32 Å². The first-order valence-corrected chi connectivity index (χ1v) is 5.09. The van der Waals surface area contributed by atoms with E-state index in [9.17, 15) is 4.79 Å². The zero-order valence-corrected chi connectivity index (χ0v) is 10.2. The third kappa shape index (κ3) is 2.84. The van der Waals surface area contributed by atoms with Crippen molar-refractivity contribution in [3.05, 3.63) is 22.2 Å². The fraction of sp³-hybridized carbons (Fsp3) is 0.300. The molecule has 1 rings (SSSR count). The highest BCUT2D eigenvalue weighted by Crippen LogP contribution is 2.20. The number of terminal acetylenes is 1. The van der Waals surface area contributed by atoms with Gasteiger partial charge in [0.05, 0.1) is 5.54 Å². The predicted molar refractivity (Wildman–Crippen MR) is 62.4 cm³/mol. The molecule has 1 aromatic heterocycles. The third-order valence-corrected chi connectivity index (χ3v) is 2.34. The van der Waals surface area contributed by atoms with E-state index in [4.69, 9.17) is 29.6 Å². The molecule has 84 valence electrons. The molecule has 0 atom stereocenters. The molecule has 16 heavy (non-hydrogen) atoms. The number of nitrogens with one attached hydrogen (secondary N) is 1. The van der Waals surface area contributed by atoms with Crippen molar-refractivity contribution < 1.29 is 4.79 Å². The van der Waals surface area contributed by atoms with Crippen molar-refractivity contribution in [3.8, 4) is 12.3 Å². The van der Waals surface area contributed by atoms with E-state index in [0.29, 0.717) is 0 Å². The van der Waals surface area contributed by atoms with Gasteiger partial charge in [-0.3, -0.25) is 4.79 Å². The van der Waals surface area contributed by atoms with Crippen LogP contribution in [-0.2, 0) is 0 Å². The van der Waals surface area contributed by atoms with Gasteiger partial charge in [0.25, 0.3) is 5.91 Å². The van der Waals surface area contributed by atoms with Crippen LogP contribution in [0.5, 0.6) is 0 Å². The lowest BCUT2D eigenvalue weighted by Crippen LogP contribution is -2.42. The Morgan fingerprint density at radius 1 is 1.44 bits per heavy atom. The van der Waals surface area contributed by atoms with E-state index in [1.165, 1.54) is 6.33 Å². The Labute approximate surface area is 103 Å². The van der Waals surface area contributed by atoms with E-state index >= 15 is 0 Å². The van der Waals surface area contributed by atoms with Crippen molar-refractivity contribution >= 4 is 29.1 Å². The van der Waals surface area contributed by atoms with E-state index in [1.807, 2.05) is 0 Å². The first kappa shape index (κ1) is 12.8. The monoisotopic (exact) mass is 257 g/mol. The number of carbonyl (C=O) groups is 1. The van der Waals surface area contributed by atoms with Gasteiger partial charge in [0.15, 0.2) is 0 Å². The van der Waals surface area contributed by atoms with Crippen LogP contribution in [0.4, 0.5) is 0 Å². The summed E-state index contributed by atoms with van der Waals surface area (Å²) in [6.45, 7) is 3.35. The number of aromatic nitrogens is 2. The van der Waals surface area contributed by atoms with Crippen molar-refractivity contribution in [2.24, 2.45) is 0 Å². The van der Waals surface area contributed by atoms with E-state index in [1.54, 1.807) is 13.8 Å². The number of carbonyl (C=O) groups excluding carboxylic acids is 1. The molecular formula is C10H9Cl2N3O. The molecule has 0 fully saturated rings. The molecule has 1 N–H and O–H groups in total. The quantitative estimate of drug-likeness (QED) is 0.651. The van der Waals surface area contributed by atoms with Gasteiger partial charge in [0.2, 0.25) is 0 Å². The van der Waals surface area contributed by atoms with Crippen LogP contribution in [0.25, 0.3) is 0 Å². The summed E-state index contributed by atoms with van der Waals surface area (Å²) in [6, 6.07) is 0. The number of nitrogens with zero attached hydrogens (tertiary/aromatic N) is 2. The maximum Gasteiger partial charge on any atom is 0.258 e. The number of hydrogen-bond donors (Lipinski definition) is 1. The van der Waals surface area contributed by atoms with Gasteiger partial charge in [-0.25, -0.2) is 9.97 Å². The Morgan fingerprint density at radius 3 is 2.38 bits per heavy atom. The lowest BCUT2D eigenvalue weighted by molar-refractivity contribution is 0.0929. The Bertz CT molecular complexity index is 445. The van der Waals surface area contributed by atoms with E-state index < -0.39 is 11.4 Å². The van der Waals surface area contributed by atoms with Crippen molar-refractivity contribution in [1.29, 1.82) is 0 Å². The molecule has 1 aromatic rings. The van der Waals surface area contributed by atoms with Crippen LogP contribution in [0.15, 0.2) is 6.33 Å². The zero-order valence-electron chi connectivity index (χ0n) is 8.71. The zero-order chi connectivity index (χ0) is 12.3. The normalized spacial score (nSPS) is 10.7. The molecule has 0 aliphatic heterocycles. The van der Waals surface area contributed by atoms with Gasteiger partial charge >= 0.3 is 0 Å². The Morgan fingerprint density at radius 2 is 1.94 bits per heavy atom. The molecule has 0 radical (unpaired) electrons. The first-order chi connectivity index (χ1) is 7.37. The second-order valence-corrected chi connectivity index (χ2v) is 4.27. The van der Waals surface area contributed by atoms with Gasteiger partial charge in [-0.15, -0.1) is 6.42 Å². The average Bonchev–Trinajstić information content (AvgIpc) is 2.16. The highest BCUT2D eigenvalue weighted by atomic mass is 35.5. The smallest absolute Gasteiger partial charge is 0.258 e. The van der Waals surface area contributed by atoms with Crippen LogP contribution in [-0.4, -0.2) is 21.4 Å². The van der Waals surface area contributed by atoms with Crippen LogP contribution in [0, 0.1) is 12.3 Å².